The molecule has 5 nitrogen and oxygen atoms in total. The SMILES string of the molecule is CC(C)(C)OC(=O)N1CCC(CNCSC=N)CC1. The van der Waals surface area contributed by atoms with Gasteiger partial charge in [0.15, 0.2) is 0 Å². The summed E-state index contributed by atoms with van der Waals surface area (Å²) in [6, 6.07) is 0. The van der Waals surface area contributed by atoms with Gasteiger partial charge in [0, 0.05) is 19.0 Å². The number of hydrogen-bond donors (Lipinski definition) is 2. The Bertz CT molecular complexity index is 297. The molecule has 6 heteroatoms. The monoisotopic (exact) mass is 287 g/mol. The molecule has 1 fully saturated rings. The second-order valence-corrected chi connectivity index (χ2v) is 6.65. The Morgan fingerprint density at radius 3 is 2.63 bits per heavy atom. The second-order valence-electron chi connectivity index (χ2n) is 5.79. The van der Waals surface area contributed by atoms with Crippen molar-refractivity contribution in [3.63, 3.8) is 0 Å². The van der Waals surface area contributed by atoms with Crippen LogP contribution in [0, 0.1) is 11.3 Å². The number of amides is 1. The van der Waals surface area contributed by atoms with E-state index in [1.165, 1.54) is 17.3 Å². The Morgan fingerprint density at radius 2 is 2.11 bits per heavy atom. The third-order valence-electron chi connectivity index (χ3n) is 2.97. The highest BCUT2D eigenvalue weighted by Gasteiger charge is 2.26. The van der Waals surface area contributed by atoms with Crippen molar-refractivity contribution in [3.05, 3.63) is 0 Å². The van der Waals surface area contributed by atoms with Crippen LogP contribution in [0.25, 0.3) is 0 Å². The average molecular weight is 287 g/mol. The van der Waals surface area contributed by atoms with E-state index in [9.17, 15) is 4.79 Å². The van der Waals surface area contributed by atoms with Crippen LogP contribution in [0.5, 0.6) is 0 Å². The lowest BCUT2D eigenvalue weighted by molar-refractivity contribution is 0.0184. The number of ether oxygens (including phenoxy) is 1. The van der Waals surface area contributed by atoms with Gasteiger partial charge in [-0.25, -0.2) is 4.79 Å². The fraction of sp³-hybridized carbons (Fsp3) is 0.846. The highest BCUT2D eigenvalue weighted by Crippen LogP contribution is 2.19. The van der Waals surface area contributed by atoms with Crippen LogP contribution in [0.4, 0.5) is 4.79 Å². The average Bonchev–Trinajstić information content (AvgIpc) is 2.33. The van der Waals surface area contributed by atoms with Crippen molar-refractivity contribution < 1.29 is 9.53 Å². The first-order valence-corrected chi connectivity index (χ1v) is 7.76. The minimum Gasteiger partial charge on any atom is -0.444 e. The Balaban J connectivity index is 2.21. The summed E-state index contributed by atoms with van der Waals surface area (Å²) in [4.78, 5) is 13.7. The fourth-order valence-electron chi connectivity index (χ4n) is 2.01. The summed E-state index contributed by atoms with van der Waals surface area (Å²) in [7, 11) is 0. The van der Waals surface area contributed by atoms with Gasteiger partial charge < -0.3 is 20.4 Å². The minimum atomic E-state index is -0.417. The lowest BCUT2D eigenvalue weighted by Gasteiger charge is -2.33. The summed E-state index contributed by atoms with van der Waals surface area (Å²) in [5.74, 6) is 1.40. The highest BCUT2D eigenvalue weighted by atomic mass is 32.2. The van der Waals surface area contributed by atoms with Crippen molar-refractivity contribution in [3.8, 4) is 0 Å². The molecule has 1 aliphatic heterocycles. The number of carbonyl (C=O) groups is 1. The van der Waals surface area contributed by atoms with Crippen LogP contribution in [-0.4, -0.2) is 47.7 Å². The largest absolute Gasteiger partial charge is 0.444 e. The van der Waals surface area contributed by atoms with Crippen molar-refractivity contribution >= 4 is 23.4 Å². The predicted octanol–water partition coefficient (Wildman–Crippen LogP) is 2.52. The zero-order valence-corrected chi connectivity index (χ0v) is 12.9. The molecule has 0 saturated carbocycles. The van der Waals surface area contributed by atoms with E-state index in [0.29, 0.717) is 5.92 Å². The van der Waals surface area contributed by atoms with E-state index in [0.717, 1.165) is 38.4 Å². The van der Waals surface area contributed by atoms with Gasteiger partial charge in [-0.05, 0) is 46.1 Å². The summed E-state index contributed by atoms with van der Waals surface area (Å²) in [5.41, 5.74) is 0.928. The normalized spacial score (nSPS) is 17.3. The fourth-order valence-corrected chi connectivity index (χ4v) is 2.33. The Morgan fingerprint density at radius 1 is 1.47 bits per heavy atom. The maximum absolute atomic E-state index is 11.9. The van der Waals surface area contributed by atoms with Crippen LogP contribution in [0.3, 0.4) is 0 Å². The lowest BCUT2D eigenvalue weighted by Crippen LogP contribution is -2.43. The molecule has 0 spiro atoms. The molecule has 0 aromatic heterocycles. The van der Waals surface area contributed by atoms with Gasteiger partial charge in [-0.15, -0.1) is 0 Å². The van der Waals surface area contributed by atoms with Crippen molar-refractivity contribution in [1.82, 2.24) is 10.2 Å². The van der Waals surface area contributed by atoms with Crippen LogP contribution >= 0.6 is 11.8 Å². The topological polar surface area (TPSA) is 65.4 Å². The van der Waals surface area contributed by atoms with E-state index in [-0.39, 0.29) is 6.09 Å². The zero-order chi connectivity index (χ0) is 14.3. The van der Waals surface area contributed by atoms with E-state index in [4.69, 9.17) is 10.1 Å². The lowest BCUT2D eigenvalue weighted by atomic mass is 9.97. The van der Waals surface area contributed by atoms with Crippen LogP contribution in [0.15, 0.2) is 0 Å². The van der Waals surface area contributed by atoms with Crippen LogP contribution in [0.2, 0.25) is 0 Å². The predicted molar refractivity (Wildman–Crippen MR) is 79.8 cm³/mol. The number of thioether (sulfide) groups is 1. The number of likely N-dealkylation sites (tertiary alicyclic amines) is 1. The summed E-state index contributed by atoms with van der Waals surface area (Å²) in [5, 5.41) is 10.2. The Hall–Kier alpha value is -0.750. The second kappa shape index (κ2) is 7.75. The Kier molecular flexibility index (Phi) is 6.65. The van der Waals surface area contributed by atoms with Gasteiger partial charge >= 0.3 is 6.09 Å². The molecule has 110 valence electrons. The first kappa shape index (κ1) is 16.3. The summed E-state index contributed by atoms with van der Waals surface area (Å²) < 4.78 is 5.37. The van der Waals surface area contributed by atoms with Crippen molar-refractivity contribution in [2.45, 2.75) is 39.2 Å². The molecule has 1 rings (SSSR count). The van der Waals surface area contributed by atoms with Crippen molar-refractivity contribution in [1.29, 1.82) is 5.41 Å². The van der Waals surface area contributed by atoms with E-state index in [2.05, 4.69) is 5.32 Å². The standard InChI is InChI=1S/C13H25N3O2S/c1-13(2,3)18-12(17)16-6-4-11(5-7-16)8-15-10-19-9-14/h9,11,14-15H,4-8,10H2,1-3H3. The number of rotatable bonds is 5. The first-order chi connectivity index (χ1) is 8.92. The van der Waals surface area contributed by atoms with Gasteiger partial charge in [0.2, 0.25) is 0 Å². The number of nitrogens with one attached hydrogen (secondary N) is 2. The van der Waals surface area contributed by atoms with Crippen molar-refractivity contribution in [2.24, 2.45) is 5.92 Å². The molecule has 1 heterocycles. The molecule has 1 saturated heterocycles. The number of hydrogen-bond acceptors (Lipinski definition) is 5. The molecule has 1 amide bonds. The number of nitrogens with zero attached hydrogens (tertiary/aromatic N) is 1. The van der Waals surface area contributed by atoms with Gasteiger partial charge in [0.1, 0.15) is 5.60 Å². The van der Waals surface area contributed by atoms with Gasteiger partial charge in [-0.2, -0.15) is 0 Å². The van der Waals surface area contributed by atoms with E-state index >= 15 is 0 Å². The molecule has 0 bridgehead atoms. The van der Waals surface area contributed by atoms with Gasteiger partial charge in [-0.3, -0.25) is 0 Å². The van der Waals surface area contributed by atoms with Gasteiger partial charge in [-0.1, -0.05) is 11.8 Å². The van der Waals surface area contributed by atoms with Gasteiger partial charge in [0.25, 0.3) is 0 Å². The first-order valence-electron chi connectivity index (χ1n) is 6.71. The van der Waals surface area contributed by atoms with Crippen LogP contribution in [0.1, 0.15) is 33.6 Å². The molecule has 0 atom stereocenters. The molecule has 0 aliphatic carbocycles. The van der Waals surface area contributed by atoms with E-state index < -0.39 is 5.60 Å². The van der Waals surface area contributed by atoms with E-state index in [1.807, 2.05) is 20.8 Å². The quantitative estimate of drug-likeness (QED) is 0.353. The van der Waals surface area contributed by atoms with Crippen molar-refractivity contribution in [2.75, 3.05) is 25.5 Å². The molecule has 0 aromatic carbocycles. The molecule has 2 N–H and O–H groups in total. The minimum absolute atomic E-state index is 0.196. The molecule has 19 heavy (non-hydrogen) atoms. The molecular formula is C13H25N3O2S. The summed E-state index contributed by atoms with van der Waals surface area (Å²) in [6.07, 6.45) is 1.83. The molecular weight excluding hydrogens is 262 g/mol. The summed E-state index contributed by atoms with van der Waals surface area (Å²) in [6.45, 7) is 8.19. The third-order valence-corrected chi connectivity index (χ3v) is 3.51. The highest BCUT2D eigenvalue weighted by molar-refractivity contribution is 8.11. The van der Waals surface area contributed by atoms with Gasteiger partial charge in [0.05, 0.1) is 5.55 Å². The molecule has 0 aromatic rings. The third kappa shape index (κ3) is 6.82. The summed E-state index contributed by atoms with van der Waals surface area (Å²) >= 11 is 1.45. The maximum atomic E-state index is 11.9. The zero-order valence-electron chi connectivity index (χ0n) is 12.1. The number of carbonyl (C=O) groups excluding carboxylic acids is 1. The molecule has 0 radical (unpaired) electrons. The molecule has 1 aliphatic rings. The molecule has 0 unspecified atom stereocenters. The van der Waals surface area contributed by atoms with Crippen LogP contribution in [-0.2, 0) is 4.74 Å². The van der Waals surface area contributed by atoms with E-state index in [1.54, 1.807) is 4.90 Å². The van der Waals surface area contributed by atoms with Crippen LogP contribution < -0.4 is 5.32 Å². The smallest absolute Gasteiger partial charge is 0.410 e. The maximum Gasteiger partial charge on any atom is 0.410 e. The number of piperidine rings is 1. The Labute approximate surface area is 120 Å².